The van der Waals surface area contributed by atoms with E-state index >= 15 is 0 Å². The van der Waals surface area contributed by atoms with Gasteiger partial charge in [-0.1, -0.05) is 18.2 Å². The first kappa shape index (κ1) is 18.3. The van der Waals surface area contributed by atoms with Crippen molar-refractivity contribution >= 4 is 11.9 Å². The highest BCUT2D eigenvalue weighted by atomic mass is 19.4. The van der Waals surface area contributed by atoms with Gasteiger partial charge in [-0.3, -0.25) is 4.79 Å². The monoisotopic (exact) mass is 343 g/mol. The number of hydrogen-bond donors (Lipinski definition) is 2. The number of halogens is 3. The average molecular weight is 343 g/mol. The van der Waals surface area contributed by atoms with Crippen LogP contribution >= 0.6 is 0 Å². The lowest BCUT2D eigenvalue weighted by atomic mass is 9.81. The third kappa shape index (κ3) is 4.72. The highest BCUT2D eigenvalue weighted by molar-refractivity contribution is 5.89. The van der Waals surface area contributed by atoms with Gasteiger partial charge in [0.2, 0.25) is 5.91 Å². The maximum absolute atomic E-state index is 12.6. The molecule has 132 valence electrons. The van der Waals surface area contributed by atoms with E-state index in [2.05, 4.69) is 5.32 Å². The number of carbonyl (C=O) groups is 2. The summed E-state index contributed by atoms with van der Waals surface area (Å²) in [5.41, 5.74) is 0.809. The second-order valence-electron chi connectivity index (χ2n) is 6.09. The zero-order valence-electron chi connectivity index (χ0n) is 13.1. The molecule has 2 N–H and O–H groups in total. The van der Waals surface area contributed by atoms with Crippen LogP contribution in [0.25, 0.3) is 0 Å². The Morgan fingerprint density at radius 3 is 2.33 bits per heavy atom. The molecule has 0 bridgehead atoms. The summed E-state index contributed by atoms with van der Waals surface area (Å²) in [6, 6.07) is 6.54. The fourth-order valence-corrected chi connectivity index (χ4v) is 3.09. The number of alkyl halides is 3. The van der Waals surface area contributed by atoms with Gasteiger partial charge >= 0.3 is 12.1 Å². The van der Waals surface area contributed by atoms with E-state index in [1.807, 2.05) is 0 Å². The number of aromatic carboxylic acids is 1. The third-order valence-corrected chi connectivity index (χ3v) is 4.50. The van der Waals surface area contributed by atoms with Crippen molar-refractivity contribution in [3.8, 4) is 0 Å². The van der Waals surface area contributed by atoms with Crippen molar-refractivity contribution < 1.29 is 27.9 Å². The van der Waals surface area contributed by atoms with Gasteiger partial charge in [-0.15, -0.1) is 0 Å². The lowest BCUT2D eigenvalue weighted by Crippen LogP contribution is -2.36. The largest absolute Gasteiger partial charge is 0.478 e. The molecule has 0 radical (unpaired) electrons. The van der Waals surface area contributed by atoms with Crippen molar-refractivity contribution in [3.05, 3.63) is 35.4 Å². The van der Waals surface area contributed by atoms with E-state index in [1.165, 1.54) is 6.07 Å². The molecule has 0 unspecified atom stereocenters. The SMILES string of the molecule is O=C(O)c1ccccc1CCNC(=O)C1CCC(C(F)(F)F)CC1. The van der Waals surface area contributed by atoms with Crippen molar-refractivity contribution in [2.45, 2.75) is 38.3 Å². The van der Waals surface area contributed by atoms with Crippen LogP contribution in [-0.2, 0) is 11.2 Å². The van der Waals surface area contributed by atoms with Gasteiger partial charge in [-0.25, -0.2) is 4.79 Å². The quantitative estimate of drug-likeness (QED) is 0.861. The van der Waals surface area contributed by atoms with Gasteiger partial charge in [0.1, 0.15) is 0 Å². The van der Waals surface area contributed by atoms with Crippen molar-refractivity contribution in [1.82, 2.24) is 5.32 Å². The zero-order valence-corrected chi connectivity index (χ0v) is 13.1. The lowest BCUT2D eigenvalue weighted by Gasteiger charge is -2.29. The van der Waals surface area contributed by atoms with Crippen LogP contribution in [0.1, 0.15) is 41.6 Å². The Labute approximate surface area is 138 Å². The third-order valence-electron chi connectivity index (χ3n) is 4.50. The highest BCUT2D eigenvalue weighted by Crippen LogP contribution is 2.39. The molecule has 0 atom stereocenters. The van der Waals surface area contributed by atoms with Crippen LogP contribution in [0.15, 0.2) is 24.3 Å². The van der Waals surface area contributed by atoms with Gasteiger partial charge in [0, 0.05) is 12.5 Å². The van der Waals surface area contributed by atoms with Crippen LogP contribution in [0.4, 0.5) is 13.2 Å². The average Bonchev–Trinajstić information content (AvgIpc) is 2.54. The molecule has 2 rings (SSSR count). The standard InChI is InChI=1S/C17H20F3NO3/c18-17(19,20)13-7-5-12(6-8-13)15(22)21-10-9-11-3-1-2-4-14(11)16(23)24/h1-4,12-13H,5-10H2,(H,21,22)(H,23,24). The van der Waals surface area contributed by atoms with E-state index in [-0.39, 0.29) is 43.7 Å². The molecule has 1 aliphatic carbocycles. The Hall–Kier alpha value is -2.05. The predicted octanol–water partition coefficient (Wildman–Crippen LogP) is 3.41. The maximum Gasteiger partial charge on any atom is 0.391 e. The van der Waals surface area contributed by atoms with Crippen molar-refractivity contribution in [3.63, 3.8) is 0 Å². The molecule has 24 heavy (non-hydrogen) atoms. The Kier molecular flexibility index (Phi) is 5.85. The minimum absolute atomic E-state index is 0.0105. The van der Waals surface area contributed by atoms with Crippen molar-refractivity contribution in [2.24, 2.45) is 11.8 Å². The minimum atomic E-state index is -4.18. The van der Waals surface area contributed by atoms with Crippen LogP contribution < -0.4 is 5.32 Å². The fraction of sp³-hybridized carbons (Fsp3) is 0.529. The smallest absolute Gasteiger partial charge is 0.391 e. The van der Waals surface area contributed by atoms with Crippen LogP contribution in [0.2, 0.25) is 0 Å². The Bertz CT molecular complexity index is 593. The number of hydrogen-bond acceptors (Lipinski definition) is 2. The summed E-state index contributed by atoms with van der Waals surface area (Å²) in [6.07, 6.45) is -3.36. The van der Waals surface area contributed by atoms with Gasteiger partial charge < -0.3 is 10.4 Å². The molecule has 0 heterocycles. The molecule has 7 heteroatoms. The van der Waals surface area contributed by atoms with Crippen LogP contribution in [0.3, 0.4) is 0 Å². The maximum atomic E-state index is 12.6. The summed E-state index contributed by atoms with van der Waals surface area (Å²) >= 11 is 0. The Balaban J connectivity index is 1.80. The molecule has 1 aromatic rings. The molecule has 1 saturated carbocycles. The van der Waals surface area contributed by atoms with Crippen LogP contribution in [-0.4, -0.2) is 29.7 Å². The minimum Gasteiger partial charge on any atom is -0.478 e. The molecule has 1 amide bonds. The van der Waals surface area contributed by atoms with Crippen molar-refractivity contribution in [1.29, 1.82) is 0 Å². The molecule has 0 aromatic heterocycles. The van der Waals surface area contributed by atoms with Crippen LogP contribution in [0.5, 0.6) is 0 Å². The molecular formula is C17H20F3NO3. The predicted molar refractivity (Wildman–Crippen MR) is 81.6 cm³/mol. The summed E-state index contributed by atoms with van der Waals surface area (Å²) in [5.74, 6) is -2.96. The number of carbonyl (C=O) groups excluding carboxylic acids is 1. The second kappa shape index (κ2) is 7.68. The van der Waals surface area contributed by atoms with Gasteiger partial charge in [-0.05, 0) is 43.7 Å². The summed E-state index contributed by atoms with van der Waals surface area (Å²) in [6.45, 7) is 0.266. The molecule has 0 saturated heterocycles. The molecule has 0 aliphatic heterocycles. The number of carboxylic acid groups (broad SMARTS) is 1. The van der Waals surface area contributed by atoms with E-state index in [0.717, 1.165) is 0 Å². The van der Waals surface area contributed by atoms with Crippen LogP contribution in [0, 0.1) is 11.8 Å². The normalized spacial score (nSPS) is 21.3. The molecule has 1 fully saturated rings. The number of benzene rings is 1. The Morgan fingerprint density at radius 1 is 1.12 bits per heavy atom. The Morgan fingerprint density at radius 2 is 1.75 bits per heavy atom. The summed E-state index contributed by atoms with van der Waals surface area (Å²) < 4.78 is 37.8. The molecule has 4 nitrogen and oxygen atoms in total. The number of rotatable bonds is 5. The van der Waals surface area contributed by atoms with E-state index in [1.54, 1.807) is 18.2 Å². The van der Waals surface area contributed by atoms with Gasteiger partial charge in [0.25, 0.3) is 0 Å². The van der Waals surface area contributed by atoms with Gasteiger partial charge in [-0.2, -0.15) is 13.2 Å². The number of nitrogens with one attached hydrogen (secondary N) is 1. The van der Waals surface area contributed by atoms with Crippen molar-refractivity contribution in [2.75, 3.05) is 6.54 Å². The van der Waals surface area contributed by atoms with Gasteiger partial charge in [0.15, 0.2) is 0 Å². The van der Waals surface area contributed by atoms with E-state index in [9.17, 15) is 22.8 Å². The zero-order chi connectivity index (χ0) is 17.7. The van der Waals surface area contributed by atoms with E-state index < -0.39 is 24.0 Å². The fourth-order valence-electron chi connectivity index (χ4n) is 3.09. The van der Waals surface area contributed by atoms with E-state index in [0.29, 0.717) is 12.0 Å². The second-order valence-corrected chi connectivity index (χ2v) is 6.09. The van der Waals surface area contributed by atoms with E-state index in [4.69, 9.17) is 5.11 Å². The first-order chi connectivity index (χ1) is 11.3. The summed E-state index contributed by atoms with van der Waals surface area (Å²) in [4.78, 5) is 23.2. The molecule has 1 aromatic carbocycles. The first-order valence-electron chi connectivity index (χ1n) is 7.94. The van der Waals surface area contributed by atoms with Gasteiger partial charge in [0.05, 0.1) is 11.5 Å². The molecule has 1 aliphatic rings. The lowest BCUT2D eigenvalue weighted by molar-refractivity contribution is -0.184. The summed E-state index contributed by atoms with van der Waals surface area (Å²) in [7, 11) is 0. The first-order valence-corrected chi connectivity index (χ1v) is 7.94. The summed E-state index contributed by atoms with van der Waals surface area (Å²) in [5, 5.41) is 11.8. The highest BCUT2D eigenvalue weighted by Gasteiger charge is 2.42. The molecule has 0 spiro atoms. The molecular weight excluding hydrogens is 323 g/mol. The number of carboxylic acids is 1. The number of amides is 1. The topological polar surface area (TPSA) is 66.4 Å².